The Morgan fingerprint density at radius 3 is 2.31 bits per heavy atom. The number of ketones is 4. The van der Waals surface area contributed by atoms with E-state index in [1.54, 1.807) is 27.7 Å². The van der Waals surface area contributed by atoms with Crippen LogP contribution < -0.4 is 0 Å². The number of ether oxygens (including phenoxy) is 8. The smallest absolute Gasteiger partial charge is 0.198 e. The van der Waals surface area contributed by atoms with E-state index < -0.39 is 120 Å². The summed E-state index contributed by atoms with van der Waals surface area (Å²) in [5.41, 5.74) is -7.67. The van der Waals surface area contributed by atoms with Gasteiger partial charge in [0, 0.05) is 55.2 Å². The predicted octanol–water partition coefficient (Wildman–Crippen LogP) is 2.74. The maximum atomic E-state index is 14.4. The normalized spacial score (nSPS) is 45.9. The maximum Gasteiger partial charge on any atom is 0.198 e. The van der Waals surface area contributed by atoms with E-state index in [4.69, 9.17) is 37.9 Å². The quantitative estimate of drug-likeness (QED) is 0.335. The third-order valence-electron chi connectivity index (χ3n) is 13.6. The molecule has 3 aliphatic carbocycles. The average Bonchev–Trinajstić information content (AvgIpc) is 3.16. The van der Waals surface area contributed by atoms with Gasteiger partial charge in [-0.1, -0.05) is 12.1 Å². The number of hydrogen-bond acceptors (Lipinski definition) is 16. The summed E-state index contributed by atoms with van der Waals surface area (Å²) in [6, 6.07) is 2.81. The van der Waals surface area contributed by atoms with Crippen LogP contribution in [-0.2, 0) is 47.5 Å². The van der Waals surface area contributed by atoms with Crippen molar-refractivity contribution in [3.05, 3.63) is 52.1 Å². The summed E-state index contributed by atoms with van der Waals surface area (Å²) in [7, 11) is 0. The van der Waals surface area contributed by atoms with E-state index in [9.17, 15) is 39.6 Å². The number of hydrogen-bond donors (Lipinski definition) is 4. The number of Topliss-reactive ketones (excluding diaryl/α,β-unsaturated/α-hetero) is 4. The van der Waals surface area contributed by atoms with E-state index >= 15 is 0 Å². The van der Waals surface area contributed by atoms with Gasteiger partial charge in [-0.25, -0.2) is 0 Å². The van der Waals surface area contributed by atoms with Gasteiger partial charge < -0.3 is 58.3 Å². The lowest BCUT2D eigenvalue weighted by atomic mass is 9.57. The first-order chi connectivity index (χ1) is 27.9. The van der Waals surface area contributed by atoms with Crippen molar-refractivity contribution in [3.63, 3.8) is 0 Å². The summed E-state index contributed by atoms with van der Waals surface area (Å²) in [4.78, 5) is 55.2. The van der Waals surface area contributed by atoms with E-state index in [1.807, 2.05) is 6.92 Å². The third-order valence-corrected chi connectivity index (χ3v) is 13.6. The van der Waals surface area contributed by atoms with Crippen molar-refractivity contribution in [2.24, 2.45) is 0 Å². The van der Waals surface area contributed by atoms with Crippen molar-refractivity contribution in [1.29, 1.82) is 0 Å². The van der Waals surface area contributed by atoms with Gasteiger partial charge in [-0.15, -0.1) is 0 Å². The van der Waals surface area contributed by atoms with Crippen LogP contribution >= 0.6 is 0 Å². The maximum absolute atomic E-state index is 14.4. The van der Waals surface area contributed by atoms with Crippen LogP contribution in [0.1, 0.15) is 118 Å². The molecule has 8 aliphatic rings. The van der Waals surface area contributed by atoms with Crippen LogP contribution in [-0.4, -0.2) is 134 Å². The lowest BCUT2D eigenvalue weighted by Gasteiger charge is -2.53. The van der Waals surface area contributed by atoms with Gasteiger partial charge in [0.1, 0.15) is 29.7 Å². The number of carbonyl (C=O) groups excluding carboxylic acids is 4. The number of benzene rings is 1. The summed E-state index contributed by atoms with van der Waals surface area (Å²) < 4.78 is 49.0. The number of aliphatic hydroxyl groups excluding tert-OH is 1. The molecule has 16 heteroatoms. The van der Waals surface area contributed by atoms with E-state index in [0.29, 0.717) is 25.7 Å². The lowest BCUT2D eigenvalue weighted by Crippen LogP contribution is -2.69. The molecule has 9 rings (SSSR count). The Labute approximate surface area is 340 Å². The fourth-order valence-corrected chi connectivity index (χ4v) is 10.4. The molecule has 5 aliphatic heterocycles. The SMILES string of the molecule is C[C@@H]1O[C@H]2O[C@@H]3[C@@H](C)O[C@@H](c4ccc5c(c4O)C(=O)C4=C(C5=O)[C@@]5(O)C(=O)C[C@](C)(O[C@H]6CC[C@H](O[C@H]7CC[C@H](O)[C@H](C)O7)[C@H](C)O6)C[C@@]5(O)C=C4)C[C@H]3O[C@H]2CC1=O. The van der Waals surface area contributed by atoms with Gasteiger partial charge >= 0.3 is 0 Å². The van der Waals surface area contributed by atoms with E-state index in [1.165, 1.54) is 18.2 Å². The Morgan fingerprint density at radius 2 is 1.56 bits per heavy atom. The number of carbonyl (C=O) groups is 4. The standard InChI is InChI=1S/C43H52O16/c1-18-25(44)8-10-32(53-18)57-27-9-11-33(54-20(27)3)59-41(5)16-31(46)43(51)35-24(12-13-42(43,50)17-41)37(48)34-23(38(35)49)7-6-22(36(34)47)28-15-29-39(21(4)52-28)58-40-30(56-29)14-26(45)19(2)55-40/h6-7,12-13,18-21,25,27-30,32-33,39-40,44,47,50-51H,8-11,14-17H2,1-5H3/t18-,19-,20-,21+,25-,27-,28+,29+,30-,32-,33-,39+,40-,41-,42-,43-/m0/s1. The van der Waals surface area contributed by atoms with Crippen LogP contribution in [0.3, 0.4) is 0 Å². The molecule has 0 unspecified atom stereocenters. The van der Waals surface area contributed by atoms with Crippen LogP contribution in [0.4, 0.5) is 0 Å². The molecule has 0 amide bonds. The Hall–Kier alpha value is -3.26. The van der Waals surface area contributed by atoms with Crippen molar-refractivity contribution in [1.82, 2.24) is 0 Å². The Balaban J connectivity index is 0.907. The molecule has 0 radical (unpaired) electrons. The number of phenols is 1. The van der Waals surface area contributed by atoms with Crippen molar-refractivity contribution in [3.8, 4) is 5.75 Å². The largest absolute Gasteiger partial charge is 0.507 e. The number of aromatic hydroxyl groups is 1. The van der Waals surface area contributed by atoms with Gasteiger partial charge in [0.15, 0.2) is 47.6 Å². The summed E-state index contributed by atoms with van der Waals surface area (Å²) in [6.45, 7) is 8.72. The van der Waals surface area contributed by atoms with Gasteiger partial charge in [-0.05, 0) is 59.6 Å². The van der Waals surface area contributed by atoms with Gasteiger partial charge in [0.05, 0.1) is 59.5 Å². The molecule has 5 saturated heterocycles. The van der Waals surface area contributed by atoms with Crippen molar-refractivity contribution in [2.45, 2.75) is 183 Å². The first-order valence-corrected chi connectivity index (χ1v) is 20.7. The summed E-state index contributed by atoms with van der Waals surface area (Å²) in [6.07, 6.45) is -3.16. The van der Waals surface area contributed by atoms with Gasteiger partial charge in [0.25, 0.3) is 0 Å². The minimum Gasteiger partial charge on any atom is -0.507 e. The first kappa shape index (κ1) is 41.1. The summed E-state index contributed by atoms with van der Waals surface area (Å²) in [5, 5.41) is 46.1. The van der Waals surface area contributed by atoms with E-state index in [2.05, 4.69) is 0 Å². The van der Waals surface area contributed by atoms with Gasteiger partial charge in [-0.3, -0.25) is 19.2 Å². The highest BCUT2D eigenvalue weighted by Crippen LogP contribution is 2.53. The second-order valence-electron chi connectivity index (χ2n) is 17.8. The molecule has 59 heavy (non-hydrogen) atoms. The highest BCUT2D eigenvalue weighted by atomic mass is 16.7. The fraction of sp³-hybridized carbons (Fsp3) is 0.674. The van der Waals surface area contributed by atoms with Crippen LogP contribution in [0, 0.1) is 0 Å². The molecule has 4 N–H and O–H groups in total. The highest BCUT2D eigenvalue weighted by Gasteiger charge is 2.67. The van der Waals surface area contributed by atoms with E-state index in [-0.39, 0.29) is 59.5 Å². The zero-order valence-electron chi connectivity index (χ0n) is 33.7. The Kier molecular flexibility index (Phi) is 10.2. The molecule has 5 heterocycles. The molecule has 6 fully saturated rings. The van der Waals surface area contributed by atoms with E-state index in [0.717, 1.165) is 6.08 Å². The molecular formula is C43H52O16. The monoisotopic (exact) mass is 824 g/mol. The van der Waals surface area contributed by atoms with Crippen molar-refractivity contribution < 1.29 is 77.5 Å². The number of rotatable bonds is 5. The predicted molar refractivity (Wildman–Crippen MR) is 200 cm³/mol. The molecule has 16 nitrogen and oxygen atoms in total. The van der Waals surface area contributed by atoms with Crippen molar-refractivity contribution >= 4 is 23.1 Å². The number of allylic oxidation sites excluding steroid dienone is 2. The van der Waals surface area contributed by atoms with Crippen LogP contribution in [0.5, 0.6) is 5.75 Å². The average molecular weight is 825 g/mol. The molecule has 320 valence electrons. The zero-order chi connectivity index (χ0) is 41.9. The summed E-state index contributed by atoms with van der Waals surface area (Å²) in [5.74, 6) is -3.20. The zero-order valence-corrected chi connectivity index (χ0v) is 33.7. The topological polar surface area (TPSA) is 223 Å². The lowest BCUT2D eigenvalue weighted by molar-refractivity contribution is -0.347. The second kappa shape index (κ2) is 14.7. The van der Waals surface area contributed by atoms with Crippen LogP contribution in [0.2, 0.25) is 0 Å². The first-order valence-electron chi connectivity index (χ1n) is 20.7. The van der Waals surface area contributed by atoms with Gasteiger partial charge in [-0.2, -0.15) is 0 Å². The molecule has 0 bridgehead atoms. The fourth-order valence-electron chi connectivity index (χ4n) is 10.4. The minimum absolute atomic E-state index is 0.0980. The minimum atomic E-state index is -2.79. The highest BCUT2D eigenvalue weighted by molar-refractivity contribution is 6.32. The Morgan fingerprint density at radius 1 is 0.814 bits per heavy atom. The van der Waals surface area contributed by atoms with Crippen molar-refractivity contribution in [2.75, 3.05) is 0 Å². The second-order valence-corrected chi connectivity index (χ2v) is 17.8. The number of aliphatic hydroxyl groups is 3. The summed E-state index contributed by atoms with van der Waals surface area (Å²) >= 11 is 0. The molecule has 1 aromatic rings. The van der Waals surface area contributed by atoms with Gasteiger partial charge in [0.2, 0.25) is 0 Å². The van der Waals surface area contributed by atoms with Crippen LogP contribution in [0.25, 0.3) is 0 Å². The molecule has 1 aromatic carbocycles. The molecular weight excluding hydrogens is 772 g/mol. The molecule has 16 atom stereocenters. The molecule has 0 spiro atoms. The Bertz CT molecular complexity index is 2010. The number of fused-ring (bicyclic) bond motifs is 5. The van der Waals surface area contributed by atoms with Crippen LogP contribution in [0.15, 0.2) is 35.4 Å². The molecule has 1 saturated carbocycles. The third kappa shape index (κ3) is 6.70. The molecule has 0 aromatic heterocycles. The number of phenolic OH excluding ortho intramolecular Hbond substituents is 1.